The molecule has 0 amide bonds. The van der Waals surface area contributed by atoms with Crippen molar-refractivity contribution >= 4 is 85.2 Å². The van der Waals surface area contributed by atoms with E-state index >= 15 is 0 Å². The number of halogens is 22. The Balaban J connectivity index is 0.000000686. The molecule has 3 aromatic carbocycles. The summed E-state index contributed by atoms with van der Waals surface area (Å²) >= 11 is 5.34. The molecule has 0 heterocycles. The van der Waals surface area contributed by atoms with Crippen LogP contribution in [0.5, 0.6) is 0 Å². The van der Waals surface area contributed by atoms with Crippen molar-refractivity contribution in [3.05, 3.63) is 72.8 Å². The minimum absolute atomic E-state index is 0.0432. The third-order valence-corrected chi connectivity index (χ3v) is 10.4. The maximum absolute atomic E-state index is 12.7. The van der Waals surface area contributed by atoms with Crippen LogP contribution >= 0.6 is 85.2 Å². The molecule has 0 unspecified atom stereocenters. The van der Waals surface area contributed by atoms with Crippen LogP contribution in [0.3, 0.4) is 0 Å². The van der Waals surface area contributed by atoms with E-state index in [1.54, 1.807) is 0 Å². The molecule has 0 atom stereocenters. The van der Waals surface area contributed by atoms with Gasteiger partial charge in [0.25, 0.3) is 18.1 Å². The maximum atomic E-state index is 12.7. The predicted octanol–water partition coefficient (Wildman–Crippen LogP) is 17.6. The first kappa shape index (κ1) is 46.6. The van der Waals surface area contributed by atoms with Crippen LogP contribution in [0.15, 0.2) is 102 Å². The molecular formula is C18H14Cl2F20S6Zn. The van der Waals surface area contributed by atoms with Gasteiger partial charge in [-0.3, -0.25) is 0 Å². The fraction of sp³-hybridized carbons (Fsp3) is 0. The SMILES string of the molecule is FS(F)(F)(F)(Cl)c1cccc(S(F)(F)(F)(F)Cl)c1.FS(F)(F)(F)(F)c1cccc(S(F)(F)(F)(F)F)c1.Sc1cccc(S)c1.[F][Zn][F]. The van der Waals surface area contributed by atoms with Gasteiger partial charge in [-0.25, -0.2) is 0 Å². The summed E-state index contributed by atoms with van der Waals surface area (Å²) < 4.78 is 243. The van der Waals surface area contributed by atoms with E-state index < -0.39 is 101 Å². The Morgan fingerprint density at radius 2 is 0.617 bits per heavy atom. The van der Waals surface area contributed by atoms with Gasteiger partial charge in [-0.15, -0.1) is 56.3 Å². The molecule has 278 valence electrons. The molecule has 0 spiro atoms. The van der Waals surface area contributed by atoms with Crippen molar-refractivity contribution < 1.29 is 94.7 Å². The fourth-order valence-electron chi connectivity index (χ4n) is 2.40. The third kappa shape index (κ3) is 17.9. The number of hydrogen-bond donors (Lipinski definition) is 2. The standard InChI is InChI=1S/C6H4Cl2F8S2.C6H4F10S2.C6H6S2.2FH.Zn/c7-17(9,10,11,12)5-2-1-3-6(4-5)18(8,13,14,15)16;7-17(8,9,10,11)5-2-1-3-6(4-5)18(12,13,14,15)16;7-5-2-1-3-6(8)4-5;;;/h2*1-4H;1-4,7-8H;2*1H;/q;;;;;+2/p-2. The molecule has 0 N–H and O–H groups in total. The van der Waals surface area contributed by atoms with Gasteiger partial charge < -0.3 is 0 Å². The summed E-state index contributed by atoms with van der Waals surface area (Å²) in [6.07, 6.45) is 0. The Bertz CT molecular complexity index is 1400. The van der Waals surface area contributed by atoms with Crippen molar-refractivity contribution in [1.29, 1.82) is 0 Å². The molecule has 0 saturated carbocycles. The molecule has 0 aliphatic heterocycles. The topological polar surface area (TPSA) is 0 Å². The van der Waals surface area contributed by atoms with E-state index in [1.807, 2.05) is 24.3 Å². The Labute approximate surface area is 280 Å². The molecule has 0 saturated heterocycles. The summed E-state index contributed by atoms with van der Waals surface area (Å²) in [5.41, 5.74) is 0. The van der Waals surface area contributed by atoms with Crippen molar-refractivity contribution in [3.63, 3.8) is 0 Å². The van der Waals surface area contributed by atoms with Gasteiger partial charge in [0.1, 0.15) is 9.79 Å². The molecule has 47 heavy (non-hydrogen) atoms. The summed E-state index contributed by atoms with van der Waals surface area (Å²) in [5.74, 6) is 0. The van der Waals surface area contributed by atoms with Gasteiger partial charge in [0, 0.05) is 31.2 Å². The van der Waals surface area contributed by atoms with Crippen LogP contribution in [0.25, 0.3) is 0 Å². The molecule has 0 radical (unpaired) electrons. The zero-order chi connectivity index (χ0) is 38.3. The summed E-state index contributed by atoms with van der Waals surface area (Å²) in [7, 11) is -31.9. The van der Waals surface area contributed by atoms with E-state index in [-0.39, 0.29) is 24.3 Å². The van der Waals surface area contributed by atoms with Crippen molar-refractivity contribution in [2.24, 2.45) is 0 Å². The van der Waals surface area contributed by atoms with Crippen LogP contribution in [-0.2, 0) is 18.1 Å². The summed E-state index contributed by atoms with van der Waals surface area (Å²) in [6.45, 7) is 0. The average Bonchev–Trinajstić information content (AvgIpc) is 2.75. The van der Waals surface area contributed by atoms with Crippen molar-refractivity contribution in [2.75, 3.05) is 0 Å². The van der Waals surface area contributed by atoms with Gasteiger partial charge in [-0.05, 0) is 54.6 Å². The van der Waals surface area contributed by atoms with E-state index in [1.165, 1.54) is 0 Å². The number of rotatable bonds is 4. The molecule has 3 aromatic rings. The Hall–Kier alpha value is -0.437. The zero-order valence-corrected chi connectivity index (χ0v) is 31.0. The first-order valence-electron chi connectivity index (χ1n) is 10.3. The Kier molecular flexibility index (Phi) is 10.9. The van der Waals surface area contributed by atoms with E-state index in [9.17, 15) is 76.6 Å². The van der Waals surface area contributed by atoms with Gasteiger partial charge in [-0.2, -0.15) is 0 Å². The van der Waals surface area contributed by atoms with Crippen molar-refractivity contribution in [3.8, 4) is 0 Å². The molecule has 0 nitrogen and oxygen atoms in total. The average molecular weight is 939 g/mol. The normalized spacial score (nSPS) is 18.2. The first-order chi connectivity index (χ1) is 19.6. The predicted molar refractivity (Wildman–Crippen MR) is 151 cm³/mol. The second-order valence-corrected chi connectivity index (χ2v) is 23.3. The summed E-state index contributed by atoms with van der Waals surface area (Å²) in [4.78, 5) is -8.97. The molecule has 0 bridgehead atoms. The van der Waals surface area contributed by atoms with Crippen LogP contribution in [0.4, 0.5) is 76.6 Å². The first-order valence-corrected chi connectivity index (χ1v) is 23.1. The van der Waals surface area contributed by atoms with E-state index in [2.05, 4.69) is 46.6 Å². The minimum atomic E-state index is -10.4. The molecule has 0 aromatic heterocycles. The molecular weight excluding hydrogens is 925 g/mol. The van der Waals surface area contributed by atoms with Crippen LogP contribution in [0.2, 0.25) is 0 Å². The monoisotopic (exact) mass is 936 g/mol. The fourth-order valence-corrected chi connectivity index (χ4v) is 6.42. The quantitative estimate of drug-likeness (QED) is 0.145. The van der Waals surface area contributed by atoms with E-state index in [0.717, 1.165) is 9.79 Å². The van der Waals surface area contributed by atoms with Gasteiger partial charge in [0.05, 0.1) is 9.79 Å². The zero-order valence-electron chi connectivity index (χ0n) is 21.5. The second kappa shape index (κ2) is 11.0. The third-order valence-electron chi connectivity index (χ3n) is 4.22. The Morgan fingerprint density at radius 3 is 0.809 bits per heavy atom. The molecule has 29 heteroatoms. The van der Waals surface area contributed by atoms with Gasteiger partial charge in [-0.1, -0.05) is 57.1 Å². The van der Waals surface area contributed by atoms with E-state index in [0.29, 0.717) is 0 Å². The van der Waals surface area contributed by atoms with Crippen LogP contribution in [-0.4, -0.2) is 0 Å². The van der Waals surface area contributed by atoms with E-state index in [4.69, 9.17) is 0 Å². The van der Waals surface area contributed by atoms with Crippen molar-refractivity contribution in [1.82, 2.24) is 0 Å². The molecule has 0 aliphatic carbocycles. The number of thiol groups is 2. The van der Waals surface area contributed by atoms with Crippen LogP contribution in [0.1, 0.15) is 0 Å². The molecule has 3 rings (SSSR count). The van der Waals surface area contributed by atoms with Crippen LogP contribution < -0.4 is 0 Å². The van der Waals surface area contributed by atoms with Crippen LogP contribution in [0, 0.1) is 0 Å². The molecule has 0 aliphatic rings. The van der Waals surface area contributed by atoms with Gasteiger partial charge in [0.2, 0.25) is 0 Å². The number of hydrogen-bond acceptors (Lipinski definition) is 2. The van der Waals surface area contributed by atoms with Crippen molar-refractivity contribution in [2.45, 2.75) is 29.4 Å². The molecule has 0 fully saturated rings. The summed E-state index contributed by atoms with van der Waals surface area (Å²) in [5, 5.41) is 0. The second-order valence-electron chi connectivity index (χ2n) is 8.45. The van der Waals surface area contributed by atoms with Gasteiger partial charge in [0.15, 0.2) is 0 Å². The number of benzene rings is 3. The van der Waals surface area contributed by atoms with Gasteiger partial charge >= 0.3 is 45.2 Å². The summed E-state index contributed by atoms with van der Waals surface area (Å²) in [6, 6.07) is 4.72. The Morgan fingerprint density at radius 1 is 0.404 bits per heavy atom.